The fourth-order valence-corrected chi connectivity index (χ4v) is 10.7. The number of nitrogens with zero attached hydrogens (tertiary/aromatic N) is 1. The molecule has 3 saturated heterocycles. The van der Waals surface area contributed by atoms with E-state index >= 15 is 4.79 Å². The van der Waals surface area contributed by atoms with Crippen molar-refractivity contribution in [2.45, 2.75) is 218 Å². The number of aliphatic hydroxyl groups is 4. The maximum Gasteiger partial charge on any atom is 0.340 e. The van der Waals surface area contributed by atoms with Crippen molar-refractivity contribution >= 4 is 94.8 Å². The van der Waals surface area contributed by atoms with Crippen LogP contribution in [0.4, 0.5) is 0 Å². The Morgan fingerprint density at radius 3 is 1.85 bits per heavy atom. The predicted octanol–water partition coefficient (Wildman–Crippen LogP) is -6.17. The summed E-state index contributed by atoms with van der Waals surface area (Å²) in [6.45, 7) is 13.3. The fourth-order valence-electron chi connectivity index (χ4n) is 10.7. The highest BCUT2D eigenvalue weighted by atomic mass is 16.7. The van der Waals surface area contributed by atoms with Gasteiger partial charge in [0.05, 0.1) is 30.8 Å². The van der Waals surface area contributed by atoms with Gasteiger partial charge in [0.15, 0.2) is 12.2 Å². The van der Waals surface area contributed by atoms with Crippen molar-refractivity contribution in [3.63, 3.8) is 0 Å². The van der Waals surface area contributed by atoms with Crippen LogP contribution in [0.25, 0.3) is 0 Å². The molecular formula is C63H98N12O26. The zero-order valence-electron chi connectivity index (χ0n) is 57.7. The summed E-state index contributed by atoms with van der Waals surface area (Å²) in [5.41, 5.74) is 5.75. The second-order valence-corrected chi connectivity index (χ2v) is 26.1. The molecule has 0 aliphatic carbocycles. The molecule has 3 fully saturated rings. The lowest BCUT2D eigenvalue weighted by Crippen LogP contribution is -2.66. The van der Waals surface area contributed by atoms with Gasteiger partial charge in [0, 0.05) is 12.6 Å². The smallest absolute Gasteiger partial charge is 0.340 e. The van der Waals surface area contributed by atoms with Crippen LogP contribution in [0.5, 0.6) is 0 Å². The minimum absolute atomic E-state index is 0.0327. The number of fused-ring (bicyclic) bond motifs is 1. The molecule has 3 aliphatic rings. The molecule has 38 nitrogen and oxygen atoms in total. The van der Waals surface area contributed by atoms with Crippen LogP contribution in [-0.2, 0) is 86.2 Å². The van der Waals surface area contributed by atoms with E-state index in [1.54, 1.807) is 19.1 Å². The molecule has 10 unspecified atom stereocenters. The molecule has 0 aromatic carbocycles. The number of amides is 11. The van der Waals surface area contributed by atoms with Gasteiger partial charge in [-0.1, -0.05) is 73.1 Å². The summed E-state index contributed by atoms with van der Waals surface area (Å²) in [4.78, 5) is 222. The number of allylic oxidation sites excluding steroid dienone is 3. The molecule has 0 aromatic rings. The zero-order valence-corrected chi connectivity index (χ0v) is 57.7. The quantitative estimate of drug-likeness (QED) is 0.0175. The van der Waals surface area contributed by atoms with E-state index in [1.807, 2.05) is 22.9 Å². The number of carbonyl (C=O) groups excluding carboxylic acids is 12. The third kappa shape index (κ3) is 25.4. The number of rotatable bonds is 25. The Labute approximate surface area is 581 Å². The van der Waals surface area contributed by atoms with Gasteiger partial charge in [-0.3, -0.25) is 67.1 Å². The average Bonchev–Trinajstić information content (AvgIpc) is 1.80. The number of hydrogen-bond donors (Lipinski definition) is 19. The largest absolute Gasteiger partial charge is 0.481 e. The molecule has 101 heavy (non-hydrogen) atoms. The summed E-state index contributed by atoms with van der Waals surface area (Å²) in [5.74, 6) is -28.9. The van der Waals surface area contributed by atoms with Crippen LogP contribution < -0.4 is 58.9 Å². The monoisotopic (exact) mass is 1440 g/mol. The molecule has 3 heterocycles. The highest BCUT2D eigenvalue weighted by Crippen LogP contribution is 2.27. The molecular weight excluding hydrogens is 1340 g/mol. The van der Waals surface area contributed by atoms with Gasteiger partial charge in [0.1, 0.15) is 72.7 Å². The van der Waals surface area contributed by atoms with Crippen molar-refractivity contribution in [3.8, 4) is 0 Å². The van der Waals surface area contributed by atoms with Gasteiger partial charge in [-0.25, -0.2) is 9.59 Å². The minimum atomic E-state index is -3.11. The van der Waals surface area contributed by atoms with E-state index in [1.165, 1.54) is 40.7 Å². The van der Waals surface area contributed by atoms with Crippen molar-refractivity contribution in [2.75, 3.05) is 19.6 Å². The molecule has 3 rings (SSSR count). The van der Waals surface area contributed by atoms with E-state index in [0.29, 0.717) is 12.3 Å². The Bertz CT molecular complexity index is 3080. The Kier molecular flexibility index (Phi) is 34.3. The lowest BCUT2D eigenvalue weighted by atomic mass is 9.97. The number of nitrogens with one attached hydrogen (secondary N) is 10. The van der Waals surface area contributed by atoms with Crippen LogP contribution >= 0.6 is 0 Å². The number of aliphatic carboxylic acids is 4. The molecule has 0 spiro atoms. The SMILES string of the molecule is CCC(C)CC/C=C\C=C\C(=O)N[C@H](C(=O)N[C@@H]1C(=O)N[C@H](C(C)C)C(=O)N[C@@H](CCCCN)C(=O)N[C@@H](C(O)C(=O)OC2OC(C(=O)O)C(O)C(O)C2O)C(=O)N[C@@H](CC(=O)O)C(=O)NCC(=O)N[C@H](C(C)C(=O)O)C(=O)N[C@@H](C(C)C)C(=O)N2C[C@H](C)C[C@H]2C(=O)NC1C)C(C)C(=O)O. The minimum Gasteiger partial charge on any atom is -0.481 e. The first-order chi connectivity index (χ1) is 47.2. The molecule has 3 aliphatic heterocycles. The van der Waals surface area contributed by atoms with Crippen molar-refractivity contribution < 1.29 is 127 Å². The number of aliphatic hydroxyl groups excluding tert-OH is 4. The van der Waals surface area contributed by atoms with Crippen LogP contribution in [-0.4, -0.2) is 257 Å². The molecule has 38 heteroatoms. The number of hydrogen-bond acceptors (Lipinski definition) is 23. The van der Waals surface area contributed by atoms with Crippen LogP contribution in [0.1, 0.15) is 121 Å². The summed E-state index contributed by atoms with van der Waals surface area (Å²) in [6, 6.07) is -19.7. The number of carboxylic acids is 4. The van der Waals surface area contributed by atoms with Crippen LogP contribution in [0.3, 0.4) is 0 Å². The molecule has 0 aromatic heterocycles. The lowest BCUT2D eigenvalue weighted by Gasteiger charge is -2.38. The number of nitrogens with two attached hydrogens (primary N) is 1. The maximum atomic E-state index is 15.0. The van der Waals surface area contributed by atoms with Crippen LogP contribution in [0.15, 0.2) is 24.3 Å². The van der Waals surface area contributed by atoms with Gasteiger partial charge in [-0.2, -0.15) is 0 Å². The Balaban J connectivity index is 2.36. The molecule has 0 radical (unpaired) electrons. The van der Waals surface area contributed by atoms with Gasteiger partial charge in [-0.05, 0) is 89.5 Å². The number of carboxylic acid groups (broad SMARTS) is 4. The van der Waals surface area contributed by atoms with E-state index in [4.69, 9.17) is 15.2 Å². The molecule has 11 amide bonds. The highest BCUT2D eigenvalue weighted by molar-refractivity contribution is 6.02. The Hall–Kier alpha value is -9.24. The van der Waals surface area contributed by atoms with Crippen LogP contribution in [0, 0.1) is 35.5 Å². The molecule has 20 N–H and O–H groups in total. The van der Waals surface area contributed by atoms with Crippen molar-refractivity contribution in [3.05, 3.63) is 24.3 Å². The summed E-state index contributed by atoms with van der Waals surface area (Å²) >= 11 is 0. The van der Waals surface area contributed by atoms with Gasteiger partial charge in [0.2, 0.25) is 71.3 Å². The Morgan fingerprint density at radius 2 is 1.28 bits per heavy atom. The molecule has 566 valence electrons. The van der Waals surface area contributed by atoms with E-state index < -0.39 is 241 Å². The van der Waals surface area contributed by atoms with E-state index in [0.717, 1.165) is 37.7 Å². The van der Waals surface area contributed by atoms with Crippen molar-refractivity contribution in [1.29, 1.82) is 0 Å². The third-order valence-electron chi connectivity index (χ3n) is 17.2. The van der Waals surface area contributed by atoms with Crippen LogP contribution in [0.2, 0.25) is 0 Å². The van der Waals surface area contributed by atoms with Gasteiger partial charge in [-0.15, -0.1) is 0 Å². The summed E-state index contributed by atoms with van der Waals surface area (Å²) in [7, 11) is 0. The number of unbranched alkanes of at least 4 members (excludes halogenated alkanes) is 1. The molecule has 0 bridgehead atoms. The second kappa shape index (κ2) is 40.3. The zero-order chi connectivity index (χ0) is 76.6. The summed E-state index contributed by atoms with van der Waals surface area (Å²) < 4.78 is 9.87. The first-order valence-corrected chi connectivity index (χ1v) is 33.0. The first kappa shape index (κ1) is 86.0. The topological polar surface area (TPSA) is 603 Å². The van der Waals surface area contributed by atoms with E-state index in [-0.39, 0.29) is 32.4 Å². The standard InChI is InChI=1S/C63H98N12O26/c1-11-28(6)18-14-12-13-15-20-36(76)69-41(30(8)59(93)94)55(89)73-43-32(10)66-52(86)35-22-29(7)25-75(35)58(92)40(27(4)5)72-54(88)42(31(9)60(95)96)70-37(77)24-65-50(84)34(23-38(78)79)68-57(91)44(45(80)62(99)101-63-48(83)46(81)47(82)49(100-63)61(97)98)74-51(85)33(19-16-17-21-64)67-53(87)39(26(2)3)71-56(43)90/h12-13,15,20,26-35,39-49,63,80-83H,11,14,16-19,21-25,64H2,1-10H3,(H,65,84)(H,66,86)(H,67,87)(H,68,91)(H,69,76)(H,70,77)(H,71,90)(H,72,88)(H,73,89)(H,74,85)(H,78,79)(H,93,94)(H,95,96)(H,97,98)/b13-12-,20-15+/t28?,29-,30?,31?,32?,33+,34+,35+,39-,40+,41+,42-,43+,44+,45?,46?,47?,48?,49?,63?/m1/s1. The van der Waals surface area contributed by atoms with E-state index in [2.05, 4.69) is 44.1 Å². The number of esters is 1. The van der Waals surface area contributed by atoms with Crippen molar-refractivity contribution in [1.82, 2.24) is 58.1 Å². The molecule has 20 atom stereocenters. The normalized spacial score (nSPS) is 28.9. The highest BCUT2D eigenvalue weighted by Gasteiger charge is 2.51. The van der Waals surface area contributed by atoms with Gasteiger partial charge in [0.25, 0.3) is 0 Å². The Morgan fingerprint density at radius 1 is 0.683 bits per heavy atom. The summed E-state index contributed by atoms with van der Waals surface area (Å²) in [5, 5.41) is 105. The molecule has 0 saturated carbocycles. The third-order valence-corrected chi connectivity index (χ3v) is 17.2. The fraction of sp³-hybridized carbons (Fsp3) is 0.683. The maximum absolute atomic E-state index is 15.0. The second-order valence-electron chi connectivity index (χ2n) is 26.1. The summed E-state index contributed by atoms with van der Waals surface area (Å²) in [6.07, 6.45) is -9.06. The number of ether oxygens (including phenoxy) is 2. The van der Waals surface area contributed by atoms with Crippen molar-refractivity contribution in [2.24, 2.45) is 41.2 Å². The average molecular weight is 1440 g/mol. The van der Waals surface area contributed by atoms with Gasteiger partial charge < -0.3 is 114 Å². The van der Waals surface area contributed by atoms with E-state index in [9.17, 15) is 113 Å². The predicted molar refractivity (Wildman–Crippen MR) is 347 cm³/mol. The number of carbonyl (C=O) groups is 16. The first-order valence-electron chi connectivity index (χ1n) is 33.0. The van der Waals surface area contributed by atoms with Gasteiger partial charge >= 0.3 is 29.8 Å². The lowest BCUT2D eigenvalue weighted by molar-refractivity contribution is -0.288.